The molecular formula is C34H48N4O9. The van der Waals surface area contributed by atoms with Crippen molar-refractivity contribution in [1.29, 1.82) is 0 Å². The predicted octanol–water partition coefficient (Wildman–Crippen LogP) is 1.10. The number of amides is 4. The van der Waals surface area contributed by atoms with E-state index in [-0.39, 0.29) is 31.8 Å². The van der Waals surface area contributed by atoms with Crippen LogP contribution in [0, 0.1) is 11.8 Å². The first-order chi connectivity index (χ1) is 22.3. The standard InChI is InChI=1S/C34H48N4O9/c1-21-18-25-15-13-22(2)34(45,47-25)30(41)33(44)38-17-9-8-12-27(38)32(43)36-26(16-14-24-10-6-5-7-11-24)31(42)35-19-28(39)37(4)20-29(40)46-23(21)3/h5-7,10-11,21-23,25-27,45H,8-9,12-20H2,1-4H3,(H,35,42)(H,36,43)/t21-,22+,23-,25?,26+,27-,34+/m0/s1. The number of piperidine rings is 1. The van der Waals surface area contributed by atoms with Crippen molar-refractivity contribution in [3.05, 3.63) is 35.9 Å². The summed E-state index contributed by atoms with van der Waals surface area (Å²) in [5.74, 6) is -7.85. The molecule has 1 unspecified atom stereocenters. The smallest absolute Gasteiger partial charge is 0.325 e. The highest BCUT2D eigenvalue weighted by molar-refractivity contribution is 6.39. The molecule has 0 aromatic heterocycles. The quantitative estimate of drug-likeness (QED) is 0.318. The van der Waals surface area contributed by atoms with Crippen molar-refractivity contribution < 1.29 is 43.3 Å². The number of Topliss-reactive ketones (excluding diaryl/α,β-unsaturated/α-hetero) is 1. The summed E-state index contributed by atoms with van der Waals surface area (Å²) in [6.07, 6.45) is 2.17. The van der Waals surface area contributed by atoms with Crippen molar-refractivity contribution in [2.24, 2.45) is 11.8 Å². The fourth-order valence-electron chi connectivity index (χ4n) is 6.40. The second kappa shape index (κ2) is 15.8. The average Bonchev–Trinajstić information content (AvgIpc) is 3.06. The van der Waals surface area contributed by atoms with Crippen LogP contribution in [0.3, 0.4) is 0 Å². The van der Waals surface area contributed by atoms with Gasteiger partial charge in [0.1, 0.15) is 24.7 Å². The highest BCUT2D eigenvalue weighted by Gasteiger charge is 2.52. The number of benzene rings is 1. The predicted molar refractivity (Wildman–Crippen MR) is 169 cm³/mol. The zero-order valence-electron chi connectivity index (χ0n) is 27.7. The van der Waals surface area contributed by atoms with Gasteiger partial charge in [0.05, 0.1) is 12.6 Å². The van der Waals surface area contributed by atoms with E-state index in [0.29, 0.717) is 38.5 Å². The lowest BCUT2D eigenvalue weighted by molar-refractivity contribution is -0.265. The highest BCUT2D eigenvalue weighted by atomic mass is 16.6. The number of aliphatic hydroxyl groups is 1. The van der Waals surface area contributed by atoms with E-state index in [9.17, 15) is 33.9 Å². The number of carbonyl (C=O) groups excluding carboxylic acids is 6. The van der Waals surface area contributed by atoms with E-state index in [4.69, 9.17) is 9.47 Å². The number of likely N-dealkylation sites (N-methyl/N-ethyl adjacent to an activating group) is 1. The maximum Gasteiger partial charge on any atom is 0.325 e. The number of hydrogen-bond donors (Lipinski definition) is 3. The third-order valence-electron chi connectivity index (χ3n) is 9.68. The van der Waals surface area contributed by atoms with Crippen molar-refractivity contribution in [3.8, 4) is 0 Å². The Labute approximate surface area is 275 Å². The molecule has 13 heteroatoms. The number of ketones is 1. The van der Waals surface area contributed by atoms with Crippen LogP contribution in [0.15, 0.2) is 30.3 Å². The van der Waals surface area contributed by atoms with Crippen LogP contribution in [0.5, 0.6) is 0 Å². The molecule has 0 radical (unpaired) electrons. The molecule has 0 spiro atoms. The third kappa shape index (κ3) is 8.95. The van der Waals surface area contributed by atoms with Crippen LogP contribution in [0.25, 0.3) is 0 Å². The summed E-state index contributed by atoms with van der Waals surface area (Å²) in [5.41, 5.74) is 0.933. The number of aryl methyl sites for hydroxylation is 1. The number of cyclic esters (lactones) is 1. The van der Waals surface area contributed by atoms with Crippen LogP contribution >= 0.6 is 0 Å². The van der Waals surface area contributed by atoms with E-state index in [1.54, 1.807) is 13.8 Å². The van der Waals surface area contributed by atoms with Crippen molar-refractivity contribution in [3.63, 3.8) is 0 Å². The molecule has 3 heterocycles. The minimum absolute atomic E-state index is 0.123. The minimum Gasteiger partial charge on any atom is -0.461 e. The highest BCUT2D eigenvalue weighted by Crippen LogP contribution is 2.36. The number of nitrogens with one attached hydrogen (secondary N) is 2. The summed E-state index contributed by atoms with van der Waals surface area (Å²) in [7, 11) is 1.43. The second-order valence-electron chi connectivity index (χ2n) is 13.2. The van der Waals surface area contributed by atoms with E-state index in [1.807, 2.05) is 37.3 Å². The van der Waals surface area contributed by atoms with Gasteiger partial charge in [-0.2, -0.15) is 0 Å². The van der Waals surface area contributed by atoms with Gasteiger partial charge in [-0.1, -0.05) is 44.2 Å². The van der Waals surface area contributed by atoms with E-state index in [0.717, 1.165) is 10.5 Å². The number of hydrogen-bond acceptors (Lipinski definition) is 9. The Morgan fingerprint density at radius 1 is 0.957 bits per heavy atom. The number of carbonyl (C=O) groups is 6. The molecule has 47 heavy (non-hydrogen) atoms. The monoisotopic (exact) mass is 656 g/mol. The van der Waals surface area contributed by atoms with E-state index >= 15 is 0 Å². The molecule has 4 amide bonds. The number of ether oxygens (including phenoxy) is 2. The Hall–Kier alpha value is -3.84. The first-order valence-corrected chi connectivity index (χ1v) is 16.6. The maximum atomic E-state index is 13.7. The lowest BCUT2D eigenvalue weighted by atomic mass is 9.84. The molecule has 3 aliphatic rings. The Bertz CT molecular complexity index is 1320. The summed E-state index contributed by atoms with van der Waals surface area (Å²) in [6, 6.07) is 7.26. The molecule has 4 rings (SSSR count). The zero-order valence-corrected chi connectivity index (χ0v) is 27.7. The second-order valence-corrected chi connectivity index (χ2v) is 13.2. The summed E-state index contributed by atoms with van der Waals surface area (Å²) in [6.45, 7) is 4.57. The Morgan fingerprint density at radius 3 is 2.40 bits per heavy atom. The van der Waals surface area contributed by atoms with Crippen molar-refractivity contribution in [1.82, 2.24) is 20.4 Å². The number of esters is 1. The summed E-state index contributed by atoms with van der Waals surface area (Å²) >= 11 is 0. The van der Waals surface area contributed by atoms with Gasteiger partial charge in [0, 0.05) is 19.5 Å². The molecule has 3 aliphatic heterocycles. The van der Waals surface area contributed by atoms with Gasteiger partial charge in [-0.3, -0.25) is 28.8 Å². The van der Waals surface area contributed by atoms with Gasteiger partial charge in [0.15, 0.2) is 0 Å². The molecule has 3 N–H and O–H groups in total. The van der Waals surface area contributed by atoms with Crippen LogP contribution in [-0.4, -0.2) is 107 Å². The molecule has 1 aromatic carbocycles. The van der Waals surface area contributed by atoms with Gasteiger partial charge in [-0.15, -0.1) is 0 Å². The van der Waals surface area contributed by atoms with Gasteiger partial charge in [-0.25, -0.2) is 0 Å². The van der Waals surface area contributed by atoms with Crippen LogP contribution in [0.4, 0.5) is 0 Å². The summed E-state index contributed by atoms with van der Waals surface area (Å²) < 4.78 is 11.5. The van der Waals surface area contributed by atoms with E-state index in [1.165, 1.54) is 11.9 Å². The zero-order chi connectivity index (χ0) is 34.3. The SMILES string of the molecule is C[C@@H]1OC(=O)CN(C)C(=O)CNC(=O)[C@@H](CCc2ccccc2)NC(=O)[C@@H]2CCCCN2C(=O)C(=O)[C@]2(O)OC(CC[C@H]2C)C[C@@H]1C. The fourth-order valence-corrected chi connectivity index (χ4v) is 6.40. The molecule has 1 aromatic rings. The van der Waals surface area contributed by atoms with Crippen molar-refractivity contribution in [2.45, 2.75) is 102 Å². The Kier molecular flexibility index (Phi) is 12.1. The molecule has 0 saturated carbocycles. The summed E-state index contributed by atoms with van der Waals surface area (Å²) in [5, 5.41) is 16.9. The molecule has 7 atom stereocenters. The lowest BCUT2D eigenvalue weighted by Gasteiger charge is -2.43. The van der Waals surface area contributed by atoms with Crippen LogP contribution in [0.2, 0.25) is 0 Å². The topological polar surface area (TPSA) is 172 Å². The first kappa shape index (κ1) is 36.0. The molecule has 3 fully saturated rings. The van der Waals surface area contributed by atoms with E-state index in [2.05, 4.69) is 10.6 Å². The number of fused-ring (bicyclic) bond motifs is 3. The van der Waals surface area contributed by atoms with Crippen LogP contribution in [0.1, 0.15) is 71.3 Å². The maximum absolute atomic E-state index is 13.7. The average molecular weight is 657 g/mol. The van der Waals surface area contributed by atoms with Gasteiger partial charge >= 0.3 is 5.97 Å². The fraction of sp³-hybridized carbons (Fsp3) is 0.647. The molecule has 3 saturated heterocycles. The minimum atomic E-state index is -2.39. The first-order valence-electron chi connectivity index (χ1n) is 16.6. The van der Waals surface area contributed by atoms with Gasteiger partial charge in [-0.05, 0) is 69.8 Å². The van der Waals surface area contributed by atoms with Gasteiger partial charge in [0.25, 0.3) is 11.7 Å². The van der Waals surface area contributed by atoms with Crippen LogP contribution in [-0.2, 0) is 44.7 Å². The normalized spacial score (nSPS) is 32.4. The molecule has 0 aliphatic carbocycles. The Morgan fingerprint density at radius 2 is 1.68 bits per heavy atom. The molecular weight excluding hydrogens is 608 g/mol. The number of nitrogens with zero attached hydrogens (tertiary/aromatic N) is 2. The van der Waals surface area contributed by atoms with Crippen molar-refractivity contribution in [2.75, 3.05) is 26.7 Å². The Balaban J connectivity index is 1.62. The van der Waals surface area contributed by atoms with Crippen LogP contribution < -0.4 is 10.6 Å². The lowest BCUT2D eigenvalue weighted by Crippen LogP contribution is -2.62. The molecule has 258 valence electrons. The largest absolute Gasteiger partial charge is 0.461 e. The van der Waals surface area contributed by atoms with Crippen molar-refractivity contribution >= 4 is 35.4 Å². The molecule has 2 bridgehead atoms. The number of rotatable bonds is 3. The van der Waals surface area contributed by atoms with Gasteiger partial charge in [0.2, 0.25) is 23.5 Å². The summed E-state index contributed by atoms with van der Waals surface area (Å²) in [4.78, 5) is 82.5. The van der Waals surface area contributed by atoms with E-state index < -0.39 is 77.9 Å². The molecule has 13 nitrogen and oxygen atoms in total. The van der Waals surface area contributed by atoms with Gasteiger partial charge < -0.3 is 35.0 Å². The third-order valence-corrected chi connectivity index (χ3v) is 9.68.